The van der Waals surface area contributed by atoms with Crippen LogP contribution in [0.25, 0.3) is 0 Å². The zero-order valence-electron chi connectivity index (χ0n) is 25.9. The molecule has 3 heteroatoms. The molecule has 10 atom stereocenters. The monoisotopic (exact) mass is 546 g/mol. The lowest BCUT2D eigenvalue weighted by Gasteiger charge is -2.58. The Kier molecular flexibility index (Phi) is 8.01. The summed E-state index contributed by atoms with van der Waals surface area (Å²) < 4.78 is 11.9. The third-order valence-corrected chi connectivity index (χ3v) is 12.6. The van der Waals surface area contributed by atoms with E-state index >= 15 is 0 Å². The number of hydrogen-bond acceptors (Lipinski definition) is 3. The third-order valence-electron chi connectivity index (χ3n) is 12.6. The van der Waals surface area contributed by atoms with E-state index in [0.717, 1.165) is 53.9 Å². The second-order valence-electron chi connectivity index (χ2n) is 15.4. The normalized spacial score (nSPS) is 41.0. The van der Waals surface area contributed by atoms with Crippen molar-refractivity contribution in [3.8, 4) is 0 Å². The predicted molar refractivity (Wildman–Crippen MR) is 162 cm³/mol. The van der Waals surface area contributed by atoms with E-state index in [1.807, 2.05) is 18.2 Å². The molecule has 40 heavy (non-hydrogen) atoms. The number of carbonyl (C=O) groups is 1. The Morgan fingerprint density at radius 2 is 1.80 bits per heavy atom. The maximum absolute atomic E-state index is 12.8. The SMILES string of the molecule is CC(C)CCC[C@@H](C)[C@H]1CC[C@H]2[C@@H]3CC=C4C[C@@H](OC(=O)CC5OC5c5ccccc5)CC[C@]4(C)[C@H]3CC[C@]12C. The summed E-state index contributed by atoms with van der Waals surface area (Å²) in [6, 6.07) is 10.2. The van der Waals surface area contributed by atoms with E-state index in [1.54, 1.807) is 5.57 Å². The standard InChI is InChI=1S/C37H54O3/c1-24(2)10-9-11-25(3)30-16-17-31-29-15-14-27-22-28(18-20-36(27,4)32(29)19-21-37(30,31)5)39-34(38)23-33-35(40-33)26-12-7-6-8-13-26/h6-8,12-14,24-25,28-33,35H,9-11,15-23H2,1-5H3/t25-,28+,29+,30-,31+,32+,33?,35?,36+,37-/m1/s1. The van der Waals surface area contributed by atoms with Gasteiger partial charge in [0.25, 0.3) is 0 Å². The van der Waals surface area contributed by atoms with Crippen LogP contribution in [0.2, 0.25) is 0 Å². The lowest BCUT2D eigenvalue weighted by atomic mass is 9.47. The second kappa shape index (κ2) is 11.2. The number of esters is 1. The number of benzene rings is 1. The van der Waals surface area contributed by atoms with Crippen molar-refractivity contribution in [1.29, 1.82) is 0 Å². The van der Waals surface area contributed by atoms with Gasteiger partial charge in [-0.25, -0.2) is 0 Å². The van der Waals surface area contributed by atoms with Crippen LogP contribution in [0.5, 0.6) is 0 Å². The number of hydrogen-bond donors (Lipinski definition) is 0. The molecule has 0 radical (unpaired) electrons. The van der Waals surface area contributed by atoms with Crippen LogP contribution in [0.15, 0.2) is 42.0 Å². The van der Waals surface area contributed by atoms with Crippen LogP contribution in [-0.2, 0) is 14.3 Å². The quantitative estimate of drug-likeness (QED) is 0.176. The van der Waals surface area contributed by atoms with E-state index in [-0.39, 0.29) is 24.3 Å². The van der Waals surface area contributed by atoms with Gasteiger partial charge in [-0.15, -0.1) is 0 Å². The molecule has 0 spiro atoms. The number of ether oxygens (including phenoxy) is 2. The molecule has 6 rings (SSSR count). The highest BCUT2D eigenvalue weighted by Crippen LogP contribution is 2.67. The highest BCUT2D eigenvalue weighted by Gasteiger charge is 2.59. The molecule has 1 aromatic carbocycles. The maximum Gasteiger partial charge on any atom is 0.308 e. The van der Waals surface area contributed by atoms with Crippen molar-refractivity contribution in [3.63, 3.8) is 0 Å². The molecular weight excluding hydrogens is 492 g/mol. The van der Waals surface area contributed by atoms with Crippen LogP contribution < -0.4 is 0 Å². The number of carbonyl (C=O) groups excluding carboxylic acids is 1. The fourth-order valence-electron chi connectivity index (χ4n) is 10.4. The van der Waals surface area contributed by atoms with Crippen LogP contribution in [0.4, 0.5) is 0 Å². The Hall–Kier alpha value is -1.61. The molecule has 3 nitrogen and oxygen atoms in total. The highest BCUT2D eigenvalue weighted by molar-refractivity contribution is 5.71. The van der Waals surface area contributed by atoms with E-state index in [1.165, 1.54) is 57.8 Å². The Morgan fingerprint density at radius 3 is 2.58 bits per heavy atom. The van der Waals surface area contributed by atoms with Crippen molar-refractivity contribution in [2.75, 3.05) is 0 Å². The van der Waals surface area contributed by atoms with Crippen molar-refractivity contribution in [1.82, 2.24) is 0 Å². The van der Waals surface area contributed by atoms with Gasteiger partial charge in [-0.3, -0.25) is 4.79 Å². The van der Waals surface area contributed by atoms with Crippen LogP contribution in [-0.4, -0.2) is 18.2 Å². The van der Waals surface area contributed by atoms with Gasteiger partial charge in [0.1, 0.15) is 12.2 Å². The number of epoxide rings is 1. The molecule has 4 fully saturated rings. The van der Waals surface area contributed by atoms with Gasteiger partial charge in [0.05, 0.1) is 12.5 Å². The van der Waals surface area contributed by atoms with E-state index in [4.69, 9.17) is 9.47 Å². The number of allylic oxidation sites excluding steroid dienone is 1. The molecule has 0 bridgehead atoms. The van der Waals surface area contributed by atoms with E-state index in [2.05, 4.69) is 52.8 Å². The van der Waals surface area contributed by atoms with Crippen LogP contribution >= 0.6 is 0 Å². The minimum absolute atomic E-state index is 0.0249. The Morgan fingerprint density at radius 1 is 1.00 bits per heavy atom. The molecule has 4 aliphatic carbocycles. The van der Waals surface area contributed by atoms with Gasteiger partial charge in [-0.1, -0.05) is 95.9 Å². The molecular formula is C37H54O3. The summed E-state index contributed by atoms with van der Waals surface area (Å²) in [5.74, 6) is 5.08. The van der Waals surface area contributed by atoms with Crippen molar-refractivity contribution in [2.45, 2.75) is 130 Å². The van der Waals surface area contributed by atoms with Gasteiger partial charge in [0.15, 0.2) is 0 Å². The lowest BCUT2D eigenvalue weighted by molar-refractivity contribution is -0.151. The number of rotatable bonds is 9. The summed E-state index contributed by atoms with van der Waals surface area (Å²) in [7, 11) is 0. The minimum atomic E-state index is -0.0840. The molecule has 5 aliphatic rings. The van der Waals surface area contributed by atoms with Crippen LogP contribution in [0.1, 0.15) is 123 Å². The lowest BCUT2D eigenvalue weighted by Crippen LogP contribution is -2.51. The van der Waals surface area contributed by atoms with Crippen LogP contribution in [0.3, 0.4) is 0 Å². The maximum atomic E-state index is 12.8. The molecule has 1 aliphatic heterocycles. The van der Waals surface area contributed by atoms with E-state index in [9.17, 15) is 4.79 Å². The Labute approximate surface area is 243 Å². The van der Waals surface area contributed by atoms with Crippen molar-refractivity contribution in [3.05, 3.63) is 47.5 Å². The summed E-state index contributed by atoms with van der Waals surface area (Å²) in [6.07, 6.45) is 17.3. The fourth-order valence-corrected chi connectivity index (χ4v) is 10.4. The second-order valence-corrected chi connectivity index (χ2v) is 15.4. The molecule has 3 saturated carbocycles. The summed E-state index contributed by atoms with van der Waals surface area (Å²) in [6.45, 7) is 12.6. The molecule has 2 unspecified atom stereocenters. The van der Waals surface area contributed by atoms with Gasteiger partial charge in [-0.2, -0.15) is 0 Å². The predicted octanol–water partition coefficient (Wildman–Crippen LogP) is 9.47. The molecule has 0 aromatic heterocycles. The first-order valence-electron chi connectivity index (χ1n) is 16.8. The van der Waals surface area contributed by atoms with Gasteiger partial charge >= 0.3 is 5.97 Å². The zero-order chi connectivity index (χ0) is 28.1. The summed E-state index contributed by atoms with van der Waals surface area (Å²) in [5, 5.41) is 0. The average Bonchev–Trinajstić information content (AvgIpc) is 3.59. The molecule has 220 valence electrons. The van der Waals surface area contributed by atoms with Gasteiger partial charge in [-0.05, 0) is 96.8 Å². The largest absolute Gasteiger partial charge is 0.462 e. The molecule has 1 saturated heterocycles. The smallest absolute Gasteiger partial charge is 0.308 e. The van der Waals surface area contributed by atoms with E-state index < -0.39 is 0 Å². The number of fused-ring (bicyclic) bond motifs is 5. The summed E-state index contributed by atoms with van der Waals surface area (Å²) >= 11 is 0. The summed E-state index contributed by atoms with van der Waals surface area (Å²) in [4.78, 5) is 12.8. The Balaban J connectivity index is 1.05. The molecule has 0 amide bonds. The first kappa shape index (κ1) is 28.5. The minimum Gasteiger partial charge on any atom is -0.462 e. The topological polar surface area (TPSA) is 38.8 Å². The zero-order valence-corrected chi connectivity index (χ0v) is 25.9. The highest BCUT2D eigenvalue weighted by atomic mass is 16.6. The molecule has 0 N–H and O–H groups in total. The van der Waals surface area contributed by atoms with Gasteiger partial charge in [0.2, 0.25) is 0 Å². The fraction of sp³-hybridized carbons (Fsp3) is 0.757. The van der Waals surface area contributed by atoms with Crippen molar-refractivity contribution >= 4 is 5.97 Å². The van der Waals surface area contributed by atoms with Crippen molar-refractivity contribution in [2.24, 2.45) is 46.3 Å². The van der Waals surface area contributed by atoms with E-state index in [0.29, 0.717) is 17.3 Å². The van der Waals surface area contributed by atoms with Crippen LogP contribution in [0, 0.1) is 46.3 Å². The first-order chi connectivity index (χ1) is 19.2. The Bertz CT molecular complexity index is 1080. The van der Waals surface area contributed by atoms with Gasteiger partial charge < -0.3 is 9.47 Å². The van der Waals surface area contributed by atoms with Crippen molar-refractivity contribution < 1.29 is 14.3 Å². The summed E-state index contributed by atoms with van der Waals surface area (Å²) in [5.41, 5.74) is 3.60. The third kappa shape index (κ3) is 5.34. The molecule has 1 heterocycles. The average molecular weight is 547 g/mol. The molecule has 1 aromatic rings. The van der Waals surface area contributed by atoms with Gasteiger partial charge in [0, 0.05) is 6.42 Å². The first-order valence-corrected chi connectivity index (χ1v) is 16.8.